The van der Waals surface area contributed by atoms with Gasteiger partial charge in [0.05, 0.1) is 3.79 Å². The summed E-state index contributed by atoms with van der Waals surface area (Å²) in [5.41, 5.74) is 3.01. The molecule has 0 spiro atoms. The molecular formula is C15H15Br2NS. The topological polar surface area (TPSA) is 12.0 Å². The summed E-state index contributed by atoms with van der Waals surface area (Å²) < 4.78 is 2.33. The molecule has 0 bridgehead atoms. The number of nitrogens with one attached hydrogen (secondary N) is 1. The third-order valence-corrected chi connectivity index (χ3v) is 7.03. The lowest BCUT2D eigenvalue weighted by Gasteiger charge is -2.36. The van der Waals surface area contributed by atoms with Crippen LogP contribution in [-0.4, -0.2) is 6.54 Å². The third-order valence-electron chi connectivity index (χ3n) is 3.69. The molecule has 1 nitrogen and oxygen atoms in total. The smallest absolute Gasteiger partial charge is 0.0843 e. The molecule has 0 saturated carbocycles. The van der Waals surface area contributed by atoms with Gasteiger partial charge in [-0.1, -0.05) is 31.2 Å². The Balaban J connectivity index is 1.91. The van der Waals surface area contributed by atoms with Gasteiger partial charge >= 0.3 is 0 Å². The maximum atomic E-state index is 3.65. The Hall–Kier alpha value is -0.160. The number of thiophene rings is 1. The summed E-state index contributed by atoms with van der Waals surface area (Å²) >= 11 is 9.01. The second kappa shape index (κ2) is 5.68. The van der Waals surface area contributed by atoms with Crippen LogP contribution in [0.3, 0.4) is 0 Å². The molecule has 1 aliphatic carbocycles. The van der Waals surface area contributed by atoms with Gasteiger partial charge < -0.3 is 5.32 Å². The van der Waals surface area contributed by atoms with E-state index in [1.165, 1.54) is 26.2 Å². The molecule has 0 aliphatic heterocycles. The Morgan fingerprint density at radius 3 is 2.79 bits per heavy atom. The summed E-state index contributed by atoms with van der Waals surface area (Å²) in [6, 6.07) is 11.5. The number of hydrogen-bond acceptors (Lipinski definition) is 2. The lowest BCUT2D eigenvalue weighted by molar-refractivity contribution is 0.425. The van der Waals surface area contributed by atoms with Crippen LogP contribution in [0.15, 0.2) is 38.6 Å². The molecule has 1 aliphatic rings. The number of benzene rings is 1. The number of likely N-dealkylation sites (N-methyl/N-ethyl adjacent to an activating group) is 1. The van der Waals surface area contributed by atoms with Crippen molar-refractivity contribution in [2.75, 3.05) is 6.54 Å². The summed E-state index contributed by atoms with van der Waals surface area (Å²) in [6.45, 7) is 3.17. The maximum Gasteiger partial charge on any atom is 0.0843 e. The van der Waals surface area contributed by atoms with Gasteiger partial charge in [-0.25, -0.2) is 0 Å². The molecule has 1 aromatic heterocycles. The van der Waals surface area contributed by atoms with Crippen LogP contribution < -0.4 is 5.32 Å². The molecule has 0 saturated heterocycles. The second-order valence-electron chi connectivity index (χ2n) is 4.82. The van der Waals surface area contributed by atoms with Crippen molar-refractivity contribution in [3.05, 3.63) is 54.6 Å². The first-order chi connectivity index (χ1) is 9.20. The van der Waals surface area contributed by atoms with Gasteiger partial charge in [-0.15, -0.1) is 11.3 Å². The van der Waals surface area contributed by atoms with Crippen LogP contribution in [0.5, 0.6) is 0 Å². The molecule has 0 fully saturated rings. The van der Waals surface area contributed by atoms with Crippen LogP contribution in [0.1, 0.15) is 34.9 Å². The highest BCUT2D eigenvalue weighted by Crippen LogP contribution is 2.46. The first-order valence-corrected chi connectivity index (χ1v) is 8.87. The van der Waals surface area contributed by atoms with Crippen LogP contribution in [0.25, 0.3) is 0 Å². The van der Waals surface area contributed by atoms with E-state index in [-0.39, 0.29) is 0 Å². The van der Waals surface area contributed by atoms with Crippen LogP contribution in [0.4, 0.5) is 0 Å². The Bertz CT molecular complexity index is 574. The van der Waals surface area contributed by atoms with Crippen LogP contribution in [0, 0.1) is 0 Å². The highest BCUT2D eigenvalue weighted by atomic mass is 79.9. The summed E-state index contributed by atoms with van der Waals surface area (Å²) in [5, 5.41) is 3.65. The normalized spacial score (nSPS) is 18.8. The number of hydrogen-bond donors (Lipinski definition) is 1. The van der Waals surface area contributed by atoms with Gasteiger partial charge in [0.25, 0.3) is 0 Å². The van der Waals surface area contributed by atoms with E-state index in [2.05, 4.69) is 74.4 Å². The molecule has 1 N–H and O–H groups in total. The highest BCUT2D eigenvalue weighted by molar-refractivity contribution is 9.13. The van der Waals surface area contributed by atoms with E-state index in [1.54, 1.807) is 0 Å². The number of fused-ring (bicyclic) bond motifs is 1. The second-order valence-corrected chi connectivity index (χ2v) is 8.07. The fourth-order valence-corrected chi connectivity index (χ4v) is 5.00. The zero-order valence-corrected chi connectivity index (χ0v) is 14.6. The minimum Gasteiger partial charge on any atom is -0.309 e. The molecular weight excluding hydrogens is 386 g/mol. The summed E-state index contributed by atoms with van der Waals surface area (Å²) in [5.74, 6) is 0.605. The molecule has 2 atom stereocenters. The average Bonchev–Trinajstić information content (AvgIpc) is 2.70. The van der Waals surface area contributed by atoms with Gasteiger partial charge in [0, 0.05) is 21.3 Å². The molecule has 0 radical (unpaired) electrons. The fourth-order valence-electron chi connectivity index (χ4n) is 2.77. The molecule has 2 aromatic rings. The van der Waals surface area contributed by atoms with Gasteiger partial charge in [0.2, 0.25) is 0 Å². The molecule has 1 heterocycles. The summed E-state index contributed by atoms with van der Waals surface area (Å²) in [4.78, 5) is 1.40. The van der Waals surface area contributed by atoms with E-state index >= 15 is 0 Å². The predicted octanol–water partition coefficient (Wildman–Crippen LogP) is 5.26. The van der Waals surface area contributed by atoms with Crippen LogP contribution in [0.2, 0.25) is 0 Å². The van der Waals surface area contributed by atoms with E-state index in [0.717, 1.165) is 11.0 Å². The van der Waals surface area contributed by atoms with Gasteiger partial charge in [-0.05, 0) is 62.0 Å². The van der Waals surface area contributed by atoms with Gasteiger partial charge in [0.15, 0.2) is 0 Å². The molecule has 2 unspecified atom stereocenters. The third kappa shape index (κ3) is 2.56. The summed E-state index contributed by atoms with van der Waals surface area (Å²) in [6.07, 6.45) is 1.18. The van der Waals surface area contributed by atoms with E-state index in [4.69, 9.17) is 0 Å². The lowest BCUT2D eigenvalue weighted by Crippen LogP contribution is -2.32. The Morgan fingerprint density at radius 1 is 1.37 bits per heavy atom. The van der Waals surface area contributed by atoms with E-state index in [9.17, 15) is 0 Å². The molecule has 19 heavy (non-hydrogen) atoms. The number of rotatable bonds is 4. The monoisotopic (exact) mass is 399 g/mol. The summed E-state index contributed by atoms with van der Waals surface area (Å²) in [7, 11) is 0. The predicted molar refractivity (Wildman–Crippen MR) is 89.0 cm³/mol. The SMILES string of the molecule is CCNC(c1cc(Br)c(Br)s1)C1Cc2ccccc21. The fraction of sp³-hybridized carbons (Fsp3) is 0.333. The van der Waals surface area contributed by atoms with Crippen molar-refractivity contribution >= 4 is 43.2 Å². The van der Waals surface area contributed by atoms with Crippen molar-refractivity contribution in [1.82, 2.24) is 5.32 Å². The van der Waals surface area contributed by atoms with Crippen molar-refractivity contribution in [2.45, 2.75) is 25.3 Å². The van der Waals surface area contributed by atoms with Gasteiger partial charge in [-0.2, -0.15) is 0 Å². The van der Waals surface area contributed by atoms with Crippen molar-refractivity contribution in [3.8, 4) is 0 Å². The van der Waals surface area contributed by atoms with Crippen molar-refractivity contribution in [3.63, 3.8) is 0 Å². The first-order valence-electron chi connectivity index (χ1n) is 6.46. The minimum absolute atomic E-state index is 0.424. The Labute approximate surface area is 134 Å². The Morgan fingerprint density at radius 2 is 2.16 bits per heavy atom. The van der Waals surface area contributed by atoms with Gasteiger partial charge in [0.1, 0.15) is 0 Å². The maximum absolute atomic E-state index is 3.65. The van der Waals surface area contributed by atoms with Crippen molar-refractivity contribution < 1.29 is 0 Å². The quantitative estimate of drug-likeness (QED) is 0.737. The molecule has 1 aromatic carbocycles. The molecule has 100 valence electrons. The van der Waals surface area contributed by atoms with Crippen LogP contribution in [-0.2, 0) is 6.42 Å². The minimum atomic E-state index is 0.424. The first kappa shape index (κ1) is 13.8. The largest absolute Gasteiger partial charge is 0.309 e. The van der Waals surface area contributed by atoms with Crippen molar-refractivity contribution in [2.24, 2.45) is 0 Å². The molecule has 0 amide bonds. The van der Waals surface area contributed by atoms with Gasteiger partial charge in [-0.3, -0.25) is 0 Å². The van der Waals surface area contributed by atoms with E-state index in [1.807, 2.05) is 11.3 Å². The van der Waals surface area contributed by atoms with Crippen LogP contribution >= 0.6 is 43.2 Å². The van der Waals surface area contributed by atoms with E-state index < -0.39 is 0 Å². The van der Waals surface area contributed by atoms with Crippen molar-refractivity contribution in [1.29, 1.82) is 0 Å². The average molecular weight is 401 g/mol. The molecule has 3 rings (SSSR count). The van der Waals surface area contributed by atoms with E-state index in [0.29, 0.717) is 12.0 Å². The zero-order valence-electron chi connectivity index (χ0n) is 10.6. The zero-order chi connectivity index (χ0) is 13.4. The lowest BCUT2D eigenvalue weighted by atomic mass is 9.73. The molecule has 4 heteroatoms. The number of halogens is 2. The Kier molecular flexibility index (Phi) is 4.13. The highest BCUT2D eigenvalue weighted by Gasteiger charge is 2.34. The standard InChI is InChI=1S/C15H15Br2NS/c1-2-18-14(13-8-12(16)15(17)19-13)11-7-9-5-3-4-6-10(9)11/h3-6,8,11,14,18H,2,7H2,1H3.